The highest BCUT2D eigenvalue weighted by molar-refractivity contribution is 7.98. The van der Waals surface area contributed by atoms with Gasteiger partial charge in [0.05, 0.1) is 6.54 Å². The van der Waals surface area contributed by atoms with Crippen LogP contribution in [0.25, 0.3) is 0 Å². The molecule has 0 unspecified atom stereocenters. The van der Waals surface area contributed by atoms with Gasteiger partial charge in [-0.15, -0.1) is 0 Å². The predicted octanol–water partition coefficient (Wildman–Crippen LogP) is 2.04. The second kappa shape index (κ2) is 11.8. The number of anilines is 1. The highest BCUT2D eigenvalue weighted by atomic mass is 32.2. The third-order valence-electron chi connectivity index (χ3n) is 3.04. The molecule has 0 aliphatic rings. The summed E-state index contributed by atoms with van der Waals surface area (Å²) in [5.74, 6) is -0.336. The van der Waals surface area contributed by atoms with E-state index in [-0.39, 0.29) is 18.6 Å². The smallest absolute Gasteiger partial charge is 0.328 e. The van der Waals surface area contributed by atoms with Gasteiger partial charge in [0.25, 0.3) is 0 Å². The molecule has 1 rings (SSSR count). The molecule has 7 heteroatoms. The number of hydrogen-bond acceptors (Lipinski definition) is 6. The topological polar surface area (TPSA) is 102 Å². The molecule has 0 aliphatic carbocycles. The molecule has 0 radical (unpaired) electrons. The summed E-state index contributed by atoms with van der Waals surface area (Å²) >= 11 is 1.67. The van der Waals surface area contributed by atoms with Crippen LogP contribution in [0, 0.1) is 13.8 Å². The molecule has 23 heavy (non-hydrogen) atoms. The number of ether oxygens (including phenoxy) is 1. The van der Waals surface area contributed by atoms with Gasteiger partial charge in [-0.3, -0.25) is 4.79 Å². The summed E-state index contributed by atoms with van der Waals surface area (Å²) < 4.78 is 5.16. The van der Waals surface area contributed by atoms with Gasteiger partial charge in [-0.25, -0.2) is 4.79 Å². The minimum atomic E-state index is -0.968. The van der Waals surface area contributed by atoms with Crippen LogP contribution in [0.3, 0.4) is 0 Å². The molecular weight excluding hydrogens is 316 g/mol. The Bertz CT molecular complexity index is 509. The average molecular weight is 342 g/mol. The van der Waals surface area contributed by atoms with Gasteiger partial charge in [-0.2, -0.15) is 11.8 Å². The first kappa shape index (κ1) is 21.3. The van der Waals surface area contributed by atoms with Crippen molar-refractivity contribution >= 4 is 29.4 Å². The van der Waals surface area contributed by atoms with Gasteiger partial charge >= 0.3 is 11.9 Å². The lowest BCUT2D eigenvalue weighted by Gasteiger charge is -2.17. The fraction of sp³-hybridized carbons (Fsp3) is 0.500. The van der Waals surface area contributed by atoms with Crippen LogP contribution in [0.1, 0.15) is 18.1 Å². The van der Waals surface area contributed by atoms with Gasteiger partial charge in [0.2, 0.25) is 0 Å². The lowest BCUT2D eigenvalue weighted by molar-refractivity contribution is -0.143. The van der Waals surface area contributed by atoms with Crippen molar-refractivity contribution in [1.29, 1.82) is 0 Å². The molecule has 0 aliphatic heterocycles. The number of aryl methyl sites for hydroxylation is 1. The number of thioether (sulfide) groups is 1. The molecule has 0 aromatic heterocycles. The van der Waals surface area contributed by atoms with Gasteiger partial charge < -0.3 is 20.9 Å². The van der Waals surface area contributed by atoms with Crippen LogP contribution in [0.2, 0.25) is 0 Å². The van der Waals surface area contributed by atoms with Gasteiger partial charge in [0.1, 0.15) is 12.6 Å². The van der Waals surface area contributed by atoms with Crippen molar-refractivity contribution in [2.75, 3.05) is 30.5 Å². The minimum absolute atomic E-state index is 0.204. The molecule has 0 amide bonds. The fourth-order valence-corrected chi connectivity index (χ4v) is 1.80. The molecule has 4 N–H and O–H groups in total. The van der Waals surface area contributed by atoms with E-state index in [9.17, 15) is 9.59 Å². The molecule has 0 spiro atoms. The van der Waals surface area contributed by atoms with Crippen molar-refractivity contribution in [3.05, 3.63) is 29.3 Å². The Hall–Kier alpha value is -1.73. The first-order chi connectivity index (χ1) is 10.8. The average Bonchev–Trinajstić information content (AvgIpc) is 2.52. The van der Waals surface area contributed by atoms with Crippen LogP contribution in [-0.2, 0) is 14.3 Å². The van der Waals surface area contributed by atoms with E-state index in [0.29, 0.717) is 6.61 Å². The van der Waals surface area contributed by atoms with E-state index in [2.05, 4.69) is 24.0 Å². The number of hydrogen-bond donors (Lipinski definition) is 3. The summed E-state index contributed by atoms with van der Waals surface area (Å²) in [6.45, 7) is 6.12. The van der Waals surface area contributed by atoms with Gasteiger partial charge in [0.15, 0.2) is 0 Å². The third-order valence-corrected chi connectivity index (χ3v) is 3.61. The molecule has 130 valence electrons. The van der Waals surface area contributed by atoms with Crippen LogP contribution < -0.4 is 11.1 Å². The molecular formula is C16H26N2O4S. The zero-order valence-corrected chi connectivity index (χ0v) is 14.9. The molecule has 0 bridgehead atoms. The first-order valence-electron chi connectivity index (χ1n) is 7.23. The number of aliphatic carboxylic acids is 1. The van der Waals surface area contributed by atoms with Crippen molar-refractivity contribution in [3.63, 3.8) is 0 Å². The lowest BCUT2D eigenvalue weighted by Crippen LogP contribution is -2.29. The fourth-order valence-electron chi connectivity index (χ4n) is 1.55. The molecule has 1 aromatic rings. The number of nitrogens with two attached hydrogens (primary N) is 1. The monoisotopic (exact) mass is 342 g/mol. The van der Waals surface area contributed by atoms with E-state index in [1.165, 1.54) is 11.1 Å². The minimum Gasteiger partial charge on any atom is -0.480 e. The maximum atomic E-state index is 11.7. The number of carbonyl (C=O) groups excluding carboxylic acids is 1. The van der Waals surface area contributed by atoms with Crippen LogP contribution in [-0.4, -0.2) is 48.2 Å². The van der Waals surface area contributed by atoms with E-state index in [0.717, 1.165) is 11.4 Å². The van der Waals surface area contributed by atoms with E-state index in [4.69, 9.17) is 9.84 Å². The second-order valence-corrected chi connectivity index (χ2v) is 5.86. The summed E-state index contributed by atoms with van der Waals surface area (Å²) in [6.07, 6.45) is 1.99. The molecule has 0 saturated heterocycles. The maximum absolute atomic E-state index is 11.7. The Morgan fingerprint density at radius 1 is 1.39 bits per heavy atom. The number of carboxylic acids is 1. The van der Waals surface area contributed by atoms with Crippen molar-refractivity contribution in [2.45, 2.75) is 26.8 Å². The number of nitrogens with one attached hydrogen (secondary N) is 1. The highest BCUT2D eigenvalue weighted by Gasteiger charge is 2.14. The van der Waals surface area contributed by atoms with Crippen molar-refractivity contribution in [3.8, 4) is 0 Å². The zero-order chi connectivity index (χ0) is 17.8. The van der Waals surface area contributed by atoms with Crippen LogP contribution in [0.4, 0.5) is 5.69 Å². The number of rotatable bonds is 7. The zero-order valence-electron chi connectivity index (χ0n) is 14.1. The SMILES string of the molecule is CSCCOC(=O)[C@H](C)Nc1cccc(C)c1C.NCC(=O)O. The van der Waals surface area contributed by atoms with E-state index in [1.54, 1.807) is 11.8 Å². The van der Waals surface area contributed by atoms with Gasteiger partial charge in [0, 0.05) is 11.4 Å². The Balaban J connectivity index is 0.000000841. The third kappa shape index (κ3) is 9.10. The normalized spacial score (nSPS) is 11.0. The first-order valence-corrected chi connectivity index (χ1v) is 8.63. The molecule has 1 aromatic carbocycles. The second-order valence-electron chi connectivity index (χ2n) is 4.87. The summed E-state index contributed by atoms with van der Waals surface area (Å²) in [4.78, 5) is 21.0. The number of esters is 1. The number of benzene rings is 1. The predicted molar refractivity (Wildman–Crippen MR) is 95.0 cm³/mol. The molecule has 0 saturated carbocycles. The van der Waals surface area contributed by atoms with Crippen LogP contribution in [0.15, 0.2) is 18.2 Å². The Labute approximate surface area is 141 Å². The van der Waals surface area contributed by atoms with Gasteiger partial charge in [-0.05, 0) is 44.2 Å². The van der Waals surface area contributed by atoms with Crippen LogP contribution in [0.5, 0.6) is 0 Å². The van der Waals surface area contributed by atoms with E-state index < -0.39 is 5.97 Å². The summed E-state index contributed by atoms with van der Waals surface area (Å²) in [5.41, 5.74) is 7.94. The van der Waals surface area contributed by atoms with Crippen molar-refractivity contribution < 1.29 is 19.4 Å². The summed E-state index contributed by atoms with van der Waals surface area (Å²) in [6, 6.07) is 5.69. The van der Waals surface area contributed by atoms with E-state index in [1.807, 2.05) is 32.2 Å². The molecule has 0 heterocycles. The summed E-state index contributed by atoms with van der Waals surface area (Å²) in [5, 5.41) is 10.8. The summed E-state index contributed by atoms with van der Waals surface area (Å²) in [7, 11) is 0. The Kier molecular flexibility index (Phi) is 10.9. The Morgan fingerprint density at radius 3 is 2.52 bits per heavy atom. The largest absolute Gasteiger partial charge is 0.480 e. The van der Waals surface area contributed by atoms with Crippen LogP contribution >= 0.6 is 11.8 Å². The molecule has 1 atom stereocenters. The van der Waals surface area contributed by atoms with E-state index >= 15 is 0 Å². The highest BCUT2D eigenvalue weighted by Crippen LogP contribution is 2.18. The molecule has 6 nitrogen and oxygen atoms in total. The number of carbonyl (C=O) groups is 2. The number of carboxylic acid groups (broad SMARTS) is 1. The lowest BCUT2D eigenvalue weighted by atomic mass is 10.1. The standard InChI is InChI=1S/C14H21NO2S.C2H5NO2/c1-10-6-5-7-13(11(10)2)15-12(3)14(16)17-8-9-18-4;3-1-2(4)5/h5-7,12,15H,8-9H2,1-4H3;1,3H2,(H,4,5)/t12-;/m0./s1. The Morgan fingerprint density at radius 2 is 2.00 bits per heavy atom. The maximum Gasteiger partial charge on any atom is 0.328 e. The van der Waals surface area contributed by atoms with Crippen molar-refractivity contribution in [1.82, 2.24) is 0 Å². The molecule has 0 fully saturated rings. The quantitative estimate of drug-likeness (QED) is 0.515. The van der Waals surface area contributed by atoms with Crippen molar-refractivity contribution in [2.24, 2.45) is 5.73 Å². The van der Waals surface area contributed by atoms with Gasteiger partial charge in [-0.1, -0.05) is 12.1 Å².